The Morgan fingerprint density at radius 2 is 2.14 bits per heavy atom. The van der Waals surface area contributed by atoms with Crippen LogP contribution in [0.2, 0.25) is 0 Å². The minimum atomic E-state index is 0.944. The smallest absolute Gasteiger partial charge is 0.142 e. The molecule has 1 aromatic carbocycles. The van der Waals surface area contributed by atoms with E-state index in [9.17, 15) is 0 Å². The van der Waals surface area contributed by atoms with Crippen molar-refractivity contribution in [1.82, 2.24) is 0 Å². The maximum atomic E-state index is 5.32. The van der Waals surface area contributed by atoms with Gasteiger partial charge in [-0.2, -0.15) is 0 Å². The Morgan fingerprint density at radius 1 is 1.29 bits per heavy atom. The second kappa shape index (κ2) is 4.18. The van der Waals surface area contributed by atoms with Gasteiger partial charge in [0.05, 0.1) is 12.8 Å². The average Bonchev–Trinajstić information content (AvgIpc) is 2.30. The quantitative estimate of drug-likeness (QED) is 0.709. The monoisotopic (exact) mass is 189 g/mol. The molecule has 0 saturated carbocycles. The van der Waals surface area contributed by atoms with Crippen LogP contribution in [-0.2, 0) is 0 Å². The number of hydrogen-bond acceptors (Lipinski definition) is 2. The van der Waals surface area contributed by atoms with E-state index in [1.54, 1.807) is 7.11 Å². The molecule has 0 spiro atoms. The van der Waals surface area contributed by atoms with E-state index in [-0.39, 0.29) is 0 Å². The van der Waals surface area contributed by atoms with Crippen LogP contribution in [0.25, 0.3) is 0 Å². The van der Waals surface area contributed by atoms with Crippen molar-refractivity contribution in [3.8, 4) is 5.75 Å². The van der Waals surface area contributed by atoms with Crippen LogP contribution in [0, 0.1) is 0 Å². The lowest BCUT2D eigenvalue weighted by Crippen LogP contribution is -2.20. The fourth-order valence-corrected chi connectivity index (χ4v) is 1.72. The Balaban J connectivity index is 2.29. The second-order valence-electron chi connectivity index (χ2n) is 3.39. The van der Waals surface area contributed by atoms with Gasteiger partial charge < -0.3 is 9.64 Å². The summed E-state index contributed by atoms with van der Waals surface area (Å²) in [4.78, 5) is 2.24. The number of rotatable bonds is 2. The van der Waals surface area contributed by atoms with Crippen LogP contribution in [-0.4, -0.2) is 13.7 Å². The summed E-state index contributed by atoms with van der Waals surface area (Å²) in [7, 11) is 1.71. The molecule has 1 aromatic rings. The first-order chi connectivity index (χ1) is 6.92. The molecule has 2 nitrogen and oxygen atoms in total. The highest BCUT2D eigenvalue weighted by atomic mass is 16.5. The summed E-state index contributed by atoms with van der Waals surface area (Å²) in [5.74, 6) is 0.944. The van der Waals surface area contributed by atoms with Gasteiger partial charge in [0.25, 0.3) is 0 Å². The Hall–Kier alpha value is -1.44. The molecular formula is C12H15NO. The van der Waals surface area contributed by atoms with Gasteiger partial charge in [0.2, 0.25) is 0 Å². The van der Waals surface area contributed by atoms with Crippen molar-refractivity contribution in [1.29, 1.82) is 0 Å². The molecule has 1 heterocycles. The molecule has 2 heteroatoms. The van der Waals surface area contributed by atoms with Crippen molar-refractivity contribution in [2.75, 3.05) is 18.6 Å². The molecule has 0 atom stereocenters. The van der Waals surface area contributed by atoms with Crippen LogP contribution in [0.5, 0.6) is 5.75 Å². The summed E-state index contributed by atoms with van der Waals surface area (Å²) in [5, 5.41) is 0. The summed E-state index contributed by atoms with van der Waals surface area (Å²) < 4.78 is 5.32. The van der Waals surface area contributed by atoms with Crippen LogP contribution >= 0.6 is 0 Å². The van der Waals surface area contributed by atoms with E-state index in [4.69, 9.17) is 4.74 Å². The number of nitrogens with zero attached hydrogens (tertiary/aromatic N) is 1. The third kappa shape index (κ3) is 1.74. The lowest BCUT2D eigenvalue weighted by molar-refractivity contribution is 0.415. The number of anilines is 1. The van der Waals surface area contributed by atoms with E-state index in [2.05, 4.69) is 23.2 Å². The maximum Gasteiger partial charge on any atom is 0.142 e. The molecule has 0 aromatic heterocycles. The molecule has 0 bridgehead atoms. The lowest BCUT2D eigenvalue weighted by atomic mass is 10.2. The van der Waals surface area contributed by atoms with Crippen molar-refractivity contribution < 1.29 is 4.74 Å². The predicted octanol–water partition coefficient (Wildman–Crippen LogP) is 2.81. The van der Waals surface area contributed by atoms with E-state index in [1.165, 1.54) is 12.8 Å². The summed E-state index contributed by atoms with van der Waals surface area (Å²) in [6.45, 7) is 1.08. The lowest BCUT2D eigenvalue weighted by Gasteiger charge is -2.25. The molecule has 0 amide bonds. The van der Waals surface area contributed by atoms with Crippen LogP contribution in [0.1, 0.15) is 12.8 Å². The van der Waals surface area contributed by atoms with Crippen LogP contribution in [0.15, 0.2) is 36.5 Å². The molecule has 0 unspecified atom stereocenters. The second-order valence-corrected chi connectivity index (χ2v) is 3.39. The first kappa shape index (κ1) is 9.13. The molecule has 2 rings (SSSR count). The minimum Gasteiger partial charge on any atom is -0.495 e. The van der Waals surface area contributed by atoms with Gasteiger partial charge in [-0.1, -0.05) is 18.2 Å². The highest BCUT2D eigenvalue weighted by molar-refractivity contribution is 5.60. The highest BCUT2D eigenvalue weighted by Gasteiger charge is 2.10. The van der Waals surface area contributed by atoms with E-state index < -0.39 is 0 Å². The fraction of sp³-hybridized carbons (Fsp3) is 0.333. The van der Waals surface area contributed by atoms with E-state index in [0.29, 0.717) is 0 Å². The van der Waals surface area contributed by atoms with Crippen LogP contribution in [0.3, 0.4) is 0 Å². The molecule has 0 fully saturated rings. The molecule has 1 aliphatic heterocycles. The fourth-order valence-electron chi connectivity index (χ4n) is 1.72. The van der Waals surface area contributed by atoms with Gasteiger partial charge >= 0.3 is 0 Å². The summed E-state index contributed by atoms with van der Waals surface area (Å²) in [6.07, 6.45) is 6.75. The van der Waals surface area contributed by atoms with Gasteiger partial charge in [-0.3, -0.25) is 0 Å². The highest BCUT2D eigenvalue weighted by Crippen LogP contribution is 2.29. The molecule has 0 radical (unpaired) electrons. The molecule has 0 saturated heterocycles. The zero-order chi connectivity index (χ0) is 9.80. The van der Waals surface area contributed by atoms with Crippen LogP contribution in [0.4, 0.5) is 5.69 Å². The normalized spacial score (nSPS) is 15.6. The molecular weight excluding hydrogens is 174 g/mol. The molecule has 74 valence electrons. The van der Waals surface area contributed by atoms with Gasteiger partial charge in [-0.25, -0.2) is 0 Å². The van der Waals surface area contributed by atoms with Gasteiger partial charge in [-0.05, 0) is 25.0 Å². The number of benzene rings is 1. The largest absolute Gasteiger partial charge is 0.495 e. The number of para-hydroxylation sites is 2. The summed E-state index contributed by atoms with van der Waals surface area (Å²) in [5.41, 5.74) is 1.16. The Labute approximate surface area is 84.8 Å². The van der Waals surface area contributed by atoms with Crippen molar-refractivity contribution >= 4 is 5.69 Å². The Bertz CT molecular complexity index is 333. The minimum absolute atomic E-state index is 0.944. The zero-order valence-electron chi connectivity index (χ0n) is 8.44. The standard InChI is InChI=1S/C12H15NO/c1-14-12-8-4-3-7-11(12)13-9-5-2-6-10-13/h3-5,7-9H,2,6,10H2,1H3. The van der Waals surface area contributed by atoms with Crippen molar-refractivity contribution in [3.05, 3.63) is 36.5 Å². The zero-order valence-corrected chi connectivity index (χ0v) is 8.44. The third-order valence-electron chi connectivity index (χ3n) is 2.45. The maximum absolute atomic E-state index is 5.32. The van der Waals surface area contributed by atoms with Gasteiger partial charge in [0, 0.05) is 12.7 Å². The van der Waals surface area contributed by atoms with Gasteiger partial charge in [-0.15, -0.1) is 0 Å². The van der Waals surface area contributed by atoms with Crippen molar-refractivity contribution in [2.24, 2.45) is 0 Å². The molecule has 14 heavy (non-hydrogen) atoms. The number of allylic oxidation sites excluding steroid dienone is 1. The number of hydrogen-bond donors (Lipinski definition) is 0. The topological polar surface area (TPSA) is 12.5 Å². The molecule has 1 aliphatic rings. The first-order valence-corrected chi connectivity index (χ1v) is 4.98. The first-order valence-electron chi connectivity index (χ1n) is 4.98. The Kier molecular flexibility index (Phi) is 2.73. The summed E-state index contributed by atoms with van der Waals surface area (Å²) in [6, 6.07) is 8.13. The molecule has 0 N–H and O–H groups in total. The van der Waals surface area contributed by atoms with Crippen molar-refractivity contribution in [3.63, 3.8) is 0 Å². The van der Waals surface area contributed by atoms with E-state index in [0.717, 1.165) is 18.0 Å². The Morgan fingerprint density at radius 3 is 2.86 bits per heavy atom. The van der Waals surface area contributed by atoms with Crippen LogP contribution < -0.4 is 9.64 Å². The number of ether oxygens (including phenoxy) is 1. The third-order valence-corrected chi connectivity index (χ3v) is 2.45. The average molecular weight is 189 g/mol. The molecule has 0 aliphatic carbocycles. The van der Waals surface area contributed by atoms with Crippen molar-refractivity contribution in [2.45, 2.75) is 12.8 Å². The summed E-state index contributed by atoms with van der Waals surface area (Å²) >= 11 is 0. The van der Waals surface area contributed by atoms with Gasteiger partial charge in [0.1, 0.15) is 5.75 Å². The van der Waals surface area contributed by atoms with E-state index >= 15 is 0 Å². The van der Waals surface area contributed by atoms with E-state index in [1.807, 2.05) is 18.2 Å². The number of methoxy groups -OCH3 is 1. The predicted molar refractivity (Wildman–Crippen MR) is 58.7 cm³/mol. The van der Waals surface area contributed by atoms with Gasteiger partial charge in [0.15, 0.2) is 0 Å². The SMILES string of the molecule is COc1ccccc1N1C=CCCC1.